The molecule has 2 aliphatic rings. The summed E-state index contributed by atoms with van der Waals surface area (Å²) >= 11 is 0. The number of carbonyl (C=O) groups excluding carboxylic acids is 2. The van der Waals surface area contributed by atoms with E-state index < -0.39 is 5.82 Å². The van der Waals surface area contributed by atoms with Gasteiger partial charge >= 0.3 is 6.03 Å². The fourth-order valence-electron chi connectivity index (χ4n) is 3.44. The fourth-order valence-corrected chi connectivity index (χ4v) is 3.44. The molecule has 0 spiro atoms. The Hall–Kier alpha value is -2.15. The van der Waals surface area contributed by atoms with Crippen molar-refractivity contribution < 1.29 is 14.0 Å². The van der Waals surface area contributed by atoms with Crippen LogP contribution in [0.4, 0.5) is 14.9 Å². The predicted molar refractivity (Wildman–Crippen MR) is 93.8 cm³/mol. The van der Waals surface area contributed by atoms with Crippen molar-refractivity contribution in [2.75, 3.05) is 44.6 Å². The zero-order valence-electron chi connectivity index (χ0n) is 14.3. The van der Waals surface area contributed by atoms with Gasteiger partial charge in [-0.3, -0.25) is 4.79 Å². The molecular weight excluding hydrogens is 323 g/mol. The molecule has 0 aromatic heterocycles. The van der Waals surface area contributed by atoms with Crippen LogP contribution in [0, 0.1) is 11.7 Å². The topological polar surface area (TPSA) is 64.7 Å². The number of hydrogen-bond acceptors (Lipinski definition) is 3. The largest absolute Gasteiger partial charge is 0.341 e. The summed E-state index contributed by atoms with van der Waals surface area (Å²) in [7, 11) is 0. The molecule has 2 N–H and O–H groups in total. The number of likely N-dealkylation sites (tertiary alicyclic amines) is 1. The van der Waals surface area contributed by atoms with Crippen LogP contribution in [0.1, 0.15) is 19.3 Å². The van der Waals surface area contributed by atoms with Gasteiger partial charge in [0.05, 0.1) is 11.6 Å². The van der Waals surface area contributed by atoms with Gasteiger partial charge in [0.1, 0.15) is 5.82 Å². The van der Waals surface area contributed by atoms with Crippen LogP contribution in [-0.2, 0) is 4.79 Å². The molecule has 2 heterocycles. The van der Waals surface area contributed by atoms with Gasteiger partial charge < -0.3 is 20.4 Å². The highest BCUT2D eigenvalue weighted by molar-refractivity contribution is 5.90. The SMILES string of the molecule is O=C(Nc1ccccc1F)N1CCCC(C(=O)N2CCCNCC2)C1. The van der Waals surface area contributed by atoms with Crippen molar-refractivity contribution in [2.45, 2.75) is 19.3 Å². The second kappa shape index (κ2) is 8.29. The monoisotopic (exact) mass is 348 g/mol. The molecule has 0 radical (unpaired) electrons. The smallest absolute Gasteiger partial charge is 0.321 e. The lowest BCUT2D eigenvalue weighted by atomic mass is 9.96. The molecule has 1 aromatic carbocycles. The second-order valence-corrected chi connectivity index (χ2v) is 6.62. The third-order valence-electron chi connectivity index (χ3n) is 4.83. The first-order valence-corrected chi connectivity index (χ1v) is 8.95. The highest BCUT2D eigenvalue weighted by Crippen LogP contribution is 2.21. The zero-order valence-corrected chi connectivity index (χ0v) is 14.3. The summed E-state index contributed by atoms with van der Waals surface area (Å²) in [5.74, 6) is -0.497. The van der Waals surface area contributed by atoms with E-state index in [9.17, 15) is 14.0 Å². The van der Waals surface area contributed by atoms with Gasteiger partial charge in [-0.15, -0.1) is 0 Å². The van der Waals surface area contributed by atoms with E-state index >= 15 is 0 Å². The van der Waals surface area contributed by atoms with Crippen LogP contribution in [0.3, 0.4) is 0 Å². The van der Waals surface area contributed by atoms with Gasteiger partial charge in [0.2, 0.25) is 5.91 Å². The molecule has 25 heavy (non-hydrogen) atoms. The molecule has 3 amide bonds. The van der Waals surface area contributed by atoms with E-state index in [0.29, 0.717) is 13.1 Å². The molecule has 0 aliphatic carbocycles. The van der Waals surface area contributed by atoms with Crippen LogP contribution >= 0.6 is 0 Å². The molecule has 6 nitrogen and oxygen atoms in total. The maximum absolute atomic E-state index is 13.7. The minimum Gasteiger partial charge on any atom is -0.341 e. The van der Waals surface area contributed by atoms with E-state index in [1.165, 1.54) is 12.1 Å². The molecule has 1 unspecified atom stereocenters. The quantitative estimate of drug-likeness (QED) is 0.858. The lowest BCUT2D eigenvalue weighted by Gasteiger charge is -2.34. The van der Waals surface area contributed by atoms with Crippen LogP contribution in [0.5, 0.6) is 0 Å². The summed E-state index contributed by atoms with van der Waals surface area (Å²) in [4.78, 5) is 28.7. The van der Waals surface area contributed by atoms with Crippen molar-refractivity contribution in [3.05, 3.63) is 30.1 Å². The minimum atomic E-state index is -0.461. The Morgan fingerprint density at radius 1 is 1.08 bits per heavy atom. The number of amides is 3. The van der Waals surface area contributed by atoms with Gasteiger partial charge in [-0.2, -0.15) is 0 Å². The Bertz CT molecular complexity index is 617. The predicted octanol–water partition coefficient (Wildman–Crippen LogP) is 1.89. The highest BCUT2D eigenvalue weighted by Gasteiger charge is 2.31. The second-order valence-electron chi connectivity index (χ2n) is 6.62. The lowest BCUT2D eigenvalue weighted by Crippen LogP contribution is -2.48. The standard InChI is InChI=1S/C18H25FN4O2/c19-15-6-1-2-7-16(15)21-18(25)23-10-3-5-14(13-23)17(24)22-11-4-8-20-9-12-22/h1-2,6-7,14,20H,3-5,8-13H2,(H,21,25). The summed E-state index contributed by atoms with van der Waals surface area (Å²) in [6.07, 6.45) is 2.54. The number of piperidine rings is 1. The van der Waals surface area contributed by atoms with E-state index in [0.717, 1.165) is 45.4 Å². The molecule has 3 rings (SSSR count). The number of benzene rings is 1. The van der Waals surface area contributed by atoms with Crippen LogP contribution in [0.15, 0.2) is 24.3 Å². The average molecular weight is 348 g/mol. The Labute approximate surface area is 147 Å². The van der Waals surface area contributed by atoms with E-state index in [2.05, 4.69) is 10.6 Å². The third kappa shape index (κ3) is 4.48. The van der Waals surface area contributed by atoms with E-state index in [-0.39, 0.29) is 23.5 Å². The van der Waals surface area contributed by atoms with Gasteiger partial charge in [0.25, 0.3) is 0 Å². The fraction of sp³-hybridized carbons (Fsp3) is 0.556. The number of nitrogens with one attached hydrogen (secondary N) is 2. The van der Waals surface area contributed by atoms with Crippen molar-refractivity contribution in [1.82, 2.24) is 15.1 Å². The number of urea groups is 1. The van der Waals surface area contributed by atoms with Crippen molar-refractivity contribution in [2.24, 2.45) is 5.92 Å². The van der Waals surface area contributed by atoms with Gasteiger partial charge in [0.15, 0.2) is 0 Å². The summed E-state index contributed by atoms with van der Waals surface area (Å²) in [5.41, 5.74) is 0.166. The number of halogens is 1. The minimum absolute atomic E-state index is 0.132. The molecule has 2 saturated heterocycles. The molecule has 1 aromatic rings. The van der Waals surface area contributed by atoms with Crippen molar-refractivity contribution in [1.29, 1.82) is 0 Å². The van der Waals surface area contributed by atoms with E-state index in [1.54, 1.807) is 17.0 Å². The molecule has 0 bridgehead atoms. The molecule has 0 saturated carbocycles. The van der Waals surface area contributed by atoms with Gasteiger partial charge in [-0.25, -0.2) is 9.18 Å². The third-order valence-corrected chi connectivity index (χ3v) is 4.83. The van der Waals surface area contributed by atoms with E-state index in [1.807, 2.05) is 4.90 Å². The Balaban J connectivity index is 1.59. The Morgan fingerprint density at radius 3 is 2.72 bits per heavy atom. The molecule has 136 valence electrons. The number of nitrogens with zero attached hydrogens (tertiary/aromatic N) is 2. The van der Waals surface area contributed by atoms with Crippen LogP contribution in [0.25, 0.3) is 0 Å². The van der Waals surface area contributed by atoms with Gasteiger partial charge in [0, 0.05) is 32.7 Å². The lowest BCUT2D eigenvalue weighted by molar-refractivity contribution is -0.136. The number of carbonyl (C=O) groups is 2. The molecule has 1 atom stereocenters. The Morgan fingerprint density at radius 2 is 1.88 bits per heavy atom. The van der Waals surface area contributed by atoms with Gasteiger partial charge in [-0.1, -0.05) is 12.1 Å². The first-order valence-electron chi connectivity index (χ1n) is 8.95. The Kier molecular flexibility index (Phi) is 5.86. The molecule has 2 fully saturated rings. The molecule has 7 heteroatoms. The summed E-state index contributed by atoms with van der Waals surface area (Å²) in [5, 5.41) is 5.90. The zero-order chi connectivity index (χ0) is 17.6. The summed E-state index contributed by atoms with van der Waals surface area (Å²) in [6.45, 7) is 4.22. The molecule has 2 aliphatic heterocycles. The van der Waals surface area contributed by atoms with Crippen LogP contribution < -0.4 is 10.6 Å². The number of anilines is 1. The maximum Gasteiger partial charge on any atom is 0.321 e. The number of rotatable bonds is 2. The number of para-hydroxylation sites is 1. The summed E-state index contributed by atoms with van der Waals surface area (Å²) in [6, 6.07) is 5.75. The van der Waals surface area contributed by atoms with Crippen LogP contribution in [-0.4, -0.2) is 61.0 Å². The van der Waals surface area contributed by atoms with Crippen molar-refractivity contribution in [3.8, 4) is 0 Å². The normalized spacial score (nSPS) is 21.6. The maximum atomic E-state index is 13.7. The van der Waals surface area contributed by atoms with Crippen LogP contribution in [0.2, 0.25) is 0 Å². The van der Waals surface area contributed by atoms with Crippen molar-refractivity contribution >= 4 is 17.6 Å². The van der Waals surface area contributed by atoms with E-state index in [4.69, 9.17) is 0 Å². The first kappa shape index (κ1) is 17.7. The van der Waals surface area contributed by atoms with Crippen molar-refractivity contribution in [3.63, 3.8) is 0 Å². The highest BCUT2D eigenvalue weighted by atomic mass is 19.1. The number of hydrogen-bond donors (Lipinski definition) is 2. The molecular formula is C18H25FN4O2. The first-order chi connectivity index (χ1) is 12.1. The average Bonchev–Trinajstić information content (AvgIpc) is 2.92. The summed E-state index contributed by atoms with van der Waals surface area (Å²) < 4.78 is 13.7. The van der Waals surface area contributed by atoms with Gasteiger partial charge in [-0.05, 0) is 37.9 Å².